The Hall–Kier alpha value is -2.83. The van der Waals surface area contributed by atoms with E-state index in [-0.39, 0.29) is 11.6 Å². The number of carbonyl (C=O) groups is 1. The summed E-state index contributed by atoms with van der Waals surface area (Å²) in [6.07, 6.45) is -13.2. The van der Waals surface area contributed by atoms with E-state index in [0.717, 1.165) is 0 Å². The highest BCUT2D eigenvalue weighted by molar-refractivity contribution is 5.69. The Morgan fingerprint density at radius 1 is 0.941 bits per heavy atom. The van der Waals surface area contributed by atoms with E-state index in [1.54, 1.807) is 26.8 Å². The maximum absolute atomic E-state index is 13.1. The summed E-state index contributed by atoms with van der Waals surface area (Å²) in [5, 5.41) is 12.9. The maximum Gasteiger partial charge on any atom is 0.416 e. The molecular formula is C22H24F6N2O4. The van der Waals surface area contributed by atoms with Crippen LogP contribution in [0.1, 0.15) is 43.0 Å². The van der Waals surface area contributed by atoms with Crippen LogP contribution in [0.5, 0.6) is 0 Å². The van der Waals surface area contributed by atoms with Gasteiger partial charge >= 0.3 is 18.4 Å². The lowest BCUT2D eigenvalue weighted by Crippen LogP contribution is -2.62. The number of alkyl carbamates (subject to hydrolysis) is 1. The van der Waals surface area contributed by atoms with Crippen LogP contribution in [0, 0.1) is 0 Å². The number of amides is 1. The molecule has 188 valence electrons. The summed E-state index contributed by atoms with van der Waals surface area (Å²) >= 11 is 0. The lowest BCUT2D eigenvalue weighted by Gasteiger charge is -2.35. The number of aliphatic hydroxyl groups excluding tert-OH is 1. The van der Waals surface area contributed by atoms with Gasteiger partial charge in [0.05, 0.1) is 17.7 Å². The number of nitrogens with two attached hydrogens (primary N) is 1. The van der Waals surface area contributed by atoms with Crippen LogP contribution in [0.25, 0.3) is 0 Å². The second-order valence-electron chi connectivity index (χ2n) is 8.44. The van der Waals surface area contributed by atoms with Gasteiger partial charge in [0.25, 0.3) is 0 Å². The number of hydrogen-bond donors (Lipinski definition) is 3. The predicted molar refractivity (Wildman–Crippen MR) is 109 cm³/mol. The van der Waals surface area contributed by atoms with E-state index < -0.39 is 59.3 Å². The van der Waals surface area contributed by atoms with E-state index in [0.29, 0.717) is 12.1 Å². The largest absolute Gasteiger partial charge is 0.444 e. The third kappa shape index (κ3) is 7.34. The molecule has 0 aromatic heterocycles. The molecule has 0 saturated heterocycles. The first-order valence-corrected chi connectivity index (χ1v) is 9.85. The van der Waals surface area contributed by atoms with Crippen molar-refractivity contribution >= 4 is 6.09 Å². The molecule has 4 N–H and O–H groups in total. The van der Waals surface area contributed by atoms with Crippen LogP contribution in [0.15, 0.2) is 48.5 Å². The molecule has 2 aromatic carbocycles. The molecule has 0 heterocycles. The molecule has 0 aliphatic rings. The molecule has 2 aromatic rings. The van der Waals surface area contributed by atoms with E-state index in [4.69, 9.17) is 15.2 Å². The van der Waals surface area contributed by atoms with Gasteiger partial charge < -0.3 is 20.3 Å². The number of hydrogen-bond acceptors (Lipinski definition) is 5. The fraction of sp³-hybridized carbons (Fsp3) is 0.409. The molecule has 0 saturated carbocycles. The third-order valence-electron chi connectivity index (χ3n) is 4.40. The fourth-order valence-corrected chi connectivity index (χ4v) is 2.87. The highest BCUT2D eigenvalue weighted by Crippen LogP contribution is 2.36. The zero-order valence-electron chi connectivity index (χ0n) is 18.4. The number of alkyl halides is 6. The summed E-state index contributed by atoms with van der Waals surface area (Å²) in [5.41, 5.74) is -0.350. The smallest absolute Gasteiger partial charge is 0.416 e. The molecule has 0 bridgehead atoms. The molecule has 2 atom stereocenters. The predicted octanol–water partition coefficient (Wildman–Crippen LogP) is 4.90. The van der Waals surface area contributed by atoms with Crippen molar-refractivity contribution in [3.8, 4) is 0 Å². The third-order valence-corrected chi connectivity index (χ3v) is 4.40. The van der Waals surface area contributed by atoms with Crippen molar-refractivity contribution in [3.63, 3.8) is 0 Å². The van der Waals surface area contributed by atoms with Crippen LogP contribution < -0.4 is 11.1 Å². The molecule has 0 aliphatic carbocycles. The van der Waals surface area contributed by atoms with Crippen LogP contribution in [-0.4, -0.2) is 23.1 Å². The number of carbonyl (C=O) groups excluding carboxylic acids is 1. The van der Waals surface area contributed by atoms with Crippen LogP contribution in [0.4, 0.5) is 31.1 Å². The van der Waals surface area contributed by atoms with Gasteiger partial charge in [-0.05, 0) is 50.1 Å². The molecule has 2 rings (SSSR count). The average Bonchev–Trinajstić information content (AvgIpc) is 2.69. The molecule has 0 aliphatic heterocycles. The molecule has 1 unspecified atom stereocenters. The van der Waals surface area contributed by atoms with Crippen molar-refractivity contribution in [2.75, 3.05) is 0 Å². The van der Waals surface area contributed by atoms with Crippen LogP contribution in [-0.2, 0) is 34.1 Å². The molecule has 0 fully saturated rings. The summed E-state index contributed by atoms with van der Waals surface area (Å²) < 4.78 is 88.8. The van der Waals surface area contributed by atoms with Crippen molar-refractivity contribution in [2.45, 2.75) is 57.3 Å². The second kappa shape index (κ2) is 9.80. The number of ether oxygens (including phenoxy) is 2. The molecule has 1 amide bonds. The van der Waals surface area contributed by atoms with Crippen LogP contribution >= 0.6 is 0 Å². The Balaban J connectivity index is 2.34. The first-order valence-electron chi connectivity index (χ1n) is 9.85. The Kier molecular flexibility index (Phi) is 7.91. The minimum Gasteiger partial charge on any atom is -0.444 e. The van der Waals surface area contributed by atoms with Crippen molar-refractivity contribution in [1.29, 1.82) is 0 Å². The lowest BCUT2D eigenvalue weighted by atomic mass is 9.99. The molecule has 0 radical (unpaired) electrons. The quantitative estimate of drug-likeness (QED) is 0.393. The van der Waals surface area contributed by atoms with E-state index in [9.17, 15) is 36.2 Å². The molecule has 34 heavy (non-hydrogen) atoms. The Labute approximate surface area is 191 Å². The van der Waals surface area contributed by atoms with Gasteiger partial charge in [-0.25, -0.2) is 4.79 Å². The normalized spacial score (nSPS) is 15.4. The number of aliphatic hydroxyl groups is 1. The van der Waals surface area contributed by atoms with Gasteiger partial charge in [-0.2, -0.15) is 26.3 Å². The number of nitrogens with one attached hydrogen (secondary N) is 1. The Morgan fingerprint density at radius 2 is 1.44 bits per heavy atom. The van der Waals surface area contributed by atoms with E-state index in [1.165, 1.54) is 24.3 Å². The monoisotopic (exact) mass is 494 g/mol. The minimum absolute atomic E-state index is 0.0266. The van der Waals surface area contributed by atoms with E-state index in [1.807, 2.05) is 0 Å². The van der Waals surface area contributed by atoms with Gasteiger partial charge in [0.1, 0.15) is 5.60 Å². The number of benzene rings is 2. The van der Waals surface area contributed by atoms with Crippen molar-refractivity contribution in [1.82, 2.24) is 5.32 Å². The molecular weight excluding hydrogens is 470 g/mol. The Bertz CT molecular complexity index is 957. The van der Waals surface area contributed by atoms with Crippen LogP contribution in [0.3, 0.4) is 0 Å². The molecule has 0 spiro atoms. The van der Waals surface area contributed by atoms with E-state index in [2.05, 4.69) is 5.32 Å². The van der Waals surface area contributed by atoms with Gasteiger partial charge in [-0.3, -0.25) is 5.32 Å². The van der Waals surface area contributed by atoms with Gasteiger partial charge in [0.15, 0.2) is 12.0 Å². The topological polar surface area (TPSA) is 93.8 Å². The van der Waals surface area contributed by atoms with E-state index >= 15 is 0 Å². The standard InChI is InChI=1S/C22H24F6N2O4/c1-19(2,3)34-18(32)30-20(29,14-7-5-4-6-8-14)17(31)33-12-13-9-15(21(23,24)25)11-16(10-13)22(26,27)28/h4-11,17,31H,12,29H2,1-3H3,(H,30,32)/t17?,20-/m1/s1. The minimum atomic E-state index is -5.05. The summed E-state index contributed by atoms with van der Waals surface area (Å²) in [5.74, 6) is 0. The molecule has 6 nitrogen and oxygen atoms in total. The summed E-state index contributed by atoms with van der Waals surface area (Å²) in [4.78, 5) is 12.3. The highest BCUT2D eigenvalue weighted by Gasteiger charge is 2.41. The van der Waals surface area contributed by atoms with Crippen LogP contribution in [0.2, 0.25) is 0 Å². The second-order valence-corrected chi connectivity index (χ2v) is 8.44. The summed E-state index contributed by atoms with van der Waals surface area (Å²) in [6, 6.07) is 8.43. The highest BCUT2D eigenvalue weighted by atomic mass is 19.4. The SMILES string of the molecule is CC(C)(C)OC(=O)N[C@](N)(c1ccccc1)C(O)OCc1cc(C(F)(F)F)cc(C(F)(F)F)c1. The molecule has 12 heteroatoms. The number of halogens is 6. The zero-order chi connectivity index (χ0) is 25.9. The fourth-order valence-electron chi connectivity index (χ4n) is 2.87. The summed E-state index contributed by atoms with van der Waals surface area (Å²) in [6.45, 7) is 3.85. The average molecular weight is 494 g/mol. The first-order chi connectivity index (χ1) is 15.4. The van der Waals surface area contributed by atoms with Crippen molar-refractivity contribution in [3.05, 3.63) is 70.8 Å². The zero-order valence-corrected chi connectivity index (χ0v) is 18.4. The lowest BCUT2D eigenvalue weighted by molar-refractivity contribution is -0.162. The Morgan fingerprint density at radius 3 is 1.88 bits per heavy atom. The maximum atomic E-state index is 13.1. The van der Waals surface area contributed by atoms with Gasteiger partial charge in [0, 0.05) is 0 Å². The van der Waals surface area contributed by atoms with Crippen molar-refractivity contribution < 1.29 is 45.7 Å². The van der Waals surface area contributed by atoms with Crippen molar-refractivity contribution in [2.24, 2.45) is 5.73 Å². The van der Waals surface area contributed by atoms with Gasteiger partial charge in [-0.1, -0.05) is 30.3 Å². The van der Waals surface area contributed by atoms with Gasteiger partial charge in [0.2, 0.25) is 0 Å². The summed E-state index contributed by atoms with van der Waals surface area (Å²) in [7, 11) is 0. The van der Waals surface area contributed by atoms with Gasteiger partial charge in [-0.15, -0.1) is 0 Å². The first kappa shape index (κ1) is 27.4. The number of rotatable bonds is 6.